The fourth-order valence-corrected chi connectivity index (χ4v) is 3.66. The normalized spacial score (nSPS) is 12.9. The molecule has 5 heteroatoms. The van der Waals surface area contributed by atoms with Crippen molar-refractivity contribution in [2.24, 2.45) is 5.73 Å². The smallest absolute Gasteiger partial charge is 0.150 e. The predicted molar refractivity (Wildman–Crippen MR) is 80.7 cm³/mol. The van der Waals surface area contributed by atoms with Gasteiger partial charge >= 0.3 is 0 Å². The molecule has 1 aromatic carbocycles. The second-order valence-corrected chi connectivity index (χ2v) is 6.48. The molecule has 0 fully saturated rings. The van der Waals surface area contributed by atoms with Gasteiger partial charge in [-0.1, -0.05) is 30.0 Å². The highest BCUT2D eigenvalue weighted by atomic mass is 32.2. The average molecular weight is 290 g/mol. The Hall–Kier alpha value is -1.30. The maximum absolute atomic E-state index is 6.18. The summed E-state index contributed by atoms with van der Waals surface area (Å²) in [6.07, 6.45) is 0. The molecular weight excluding hydrogens is 276 g/mol. The second-order valence-electron chi connectivity index (χ2n) is 4.36. The minimum Gasteiger partial charge on any atom is -0.459 e. The maximum atomic E-state index is 6.18. The van der Waals surface area contributed by atoms with E-state index in [9.17, 15) is 0 Å². The van der Waals surface area contributed by atoms with E-state index in [4.69, 9.17) is 10.2 Å². The molecular formula is C14H14N2OS2. The van der Waals surface area contributed by atoms with Crippen molar-refractivity contribution in [2.75, 3.05) is 5.75 Å². The molecule has 0 aliphatic carbocycles. The van der Waals surface area contributed by atoms with E-state index in [1.807, 2.05) is 37.3 Å². The van der Waals surface area contributed by atoms with Gasteiger partial charge in [0.25, 0.3) is 0 Å². The SMILES string of the molecule is Cc1csc(SCC(N)c2cc3ccccc3o2)n1. The lowest BCUT2D eigenvalue weighted by molar-refractivity contribution is 0.516. The van der Waals surface area contributed by atoms with E-state index in [2.05, 4.69) is 10.4 Å². The Morgan fingerprint density at radius 1 is 1.42 bits per heavy atom. The van der Waals surface area contributed by atoms with Gasteiger partial charge < -0.3 is 10.2 Å². The van der Waals surface area contributed by atoms with Crippen LogP contribution in [0.3, 0.4) is 0 Å². The molecule has 2 N–H and O–H groups in total. The molecule has 98 valence electrons. The van der Waals surface area contributed by atoms with Gasteiger partial charge in [-0.2, -0.15) is 0 Å². The van der Waals surface area contributed by atoms with Gasteiger partial charge in [0.15, 0.2) is 0 Å². The minimum absolute atomic E-state index is 0.110. The van der Waals surface area contributed by atoms with E-state index in [1.165, 1.54) is 0 Å². The summed E-state index contributed by atoms with van der Waals surface area (Å²) in [5.41, 5.74) is 8.13. The number of nitrogens with two attached hydrogens (primary N) is 1. The molecule has 0 saturated carbocycles. The monoisotopic (exact) mass is 290 g/mol. The summed E-state index contributed by atoms with van der Waals surface area (Å²) < 4.78 is 6.83. The van der Waals surface area contributed by atoms with Crippen molar-refractivity contribution >= 4 is 34.1 Å². The summed E-state index contributed by atoms with van der Waals surface area (Å²) in [6, 6.07) is 9.87. The second kappa shape index (κ2) is 5.36. The van der Waals surface area contributed by atoms with Crippen molar-refractivity contribution in [1.82, 2.24) is 4.98 Å². The zero-order valence-corrected chi connectivity index (χ0v) is 12.1. The Labute approximate surface area is 119 Å². The number of hydrogen-bond acceptors (Lipinski definition) is 5. The molecule has 3 rings (SSSR count). The third-order valence-electron chi connectivity index (χ3n) is 2.79. The van der Waals surface area contributed by atoms with E-state index >= 15 is 0 Å². The van der Waals surface area contributed by atoms with Gasteiger partial charge in [-0.3, -0.25) is 0 Å². The Balaban J connectivity index is 1.71. The number of furan rings is 1. The van der Waals surface area contributed by atoms with Crippen molar-refractivity contribution in [2.45, 2.75) is 17.3 Å². The van der Waals surface area contributed by atoms with E-state index < -0.39 is 0 Å². The summed E-state index contributed by atoms with van der Waals surface area (Å²) in [6.45, 7) is 2.00. The first-order valence-corrected chi connectivity index (χ1v) is 7.88. The van der Waals surface area contributed by atoms with Crippen molar-refractivity contribution < 1.29 is 4.42 Å². The van der Waals surface area contributed by atoms with Crippen LogP contribution in [-0.2, 0) is 0 Å². The van der Waals surface area contributed by atoms with Gasteiger partial charge in [0, 0.05) is 22.2 Å². The molecule has 3 aromatic rings. The topological polar surface area (TPSA) is 52.0 Å². The summed E-state index contributed by atoms with van der Waals surface area (Å²) in [4.78, 5) is 4.41. The number of aryl methyl sites for hydroxylation is 1. The Bertz CT molecular complexity index is 656. The van der Waals surface area contributed by atoms with Crippen molar-refractivity contribution in [3.63, 3.8) is 0 Å². The molecule has 2 aromatic heterocycles. The number of nitrogens with zero attached hydrogens (tertiary/aromatic N) is 1. The fraction of sp³-hybridized carbons (Fsp3) is 0.214. The molecule has 0 amide bonds. The van der Waals surface area contributed by atoms with E-state index in [0.29, 0.717) is 0 Å². The Kier molecular flexibility index (Phi) is 3.59. The molecule has 1 unspecified atom stereocenters. The number of hydrogen-bond donors (Lipinski definition) is 1. The van der Waals surface area contributed by atoms with Crippen LogP contribution in [-0.4, -0.2) is 10.7 Å². The number of para-hydroxylation sites is 1. The Morgan fingerprint density at radius 2 is 2.26 bits per heavy atom. The van der Waals surface area contributed by atoms with E-state index in [-0.39, 0.29) is 6.04 Å². The molecule has 1 atom stereocenters. The van der Waals surface area contributed by atoms with Crippen molar-refractivity contribution in [3.8, 4) is 0 Å². The lowest BCUT2D eigenvalue weighted by Crippen LogP contribution is -2.11. The van der Waals surface area contributed by atoms with Gasteiger partial charge in [0.2, 0.25) is 0 Å². The van der Waals surface area contributed by atoms with Crippen LogP contribution in [0.4, 0.5) is 0 Å². The minimum atomic E-state index is -0.110. The zero-order chi connectivity index (χ0) is 13.2. The van der Waals surface area contributed by atoms with Gasteiger partial charge in [0.05, 0.1) is 6.04 Å². The highest BCUT2D eigenvalue weighted by Gasteiger charge is 2.13. The fourth-order valence-electron chi connectivity index (χ4n) is 1.83. The number of thioether (sulfide) groups is 1. The molecule has 0 radical (unpaired) electrons. The van der Waals surface area contributed by atoms with Crippen LogP contribution < -0.4 is 5.73 Å². The van der Waals surface area contributed by atoms with Crippen LogP contribution in [0.2, 0.25) is 0 Å². The summed E-state index contributed by atoms with van der Waals surface area (Å²) in [5, 5.41) is 3.15. The number of aromatic nitrogens is 1. The third kappa shape index (κ3) is 2.83. The highest BCUT2D eigenvalue weighted by Crippen LogP contribution is 2.28. The number of thiazole rings is 1. The third-order valence-corrected chi connectivity index (χ3v) is 5.05. The van der Waals surface area contributed by atoms with Gasteiger partial charge in [-0.25, -0.2) is 4.98 Å². The molecule has 0 spiro atoms. The highest BCUT2D eigenvalue weighted by molar-refractivity contribution is 8.01. The van der Waals surface area contributed by atoms with Crippen LogP contribution in [0.25, 0.3) is 11.0 Å². The first kappa shape index (κ1) is 12.7. The molecule has 0 aliphatic rings. The number of benzene rings is 1. The van der Waals surface area contributed by atoms with Crippen molar-refractivity contribution in [1.29, 1.82) is 0 Å². The molecule has 2 heterocycles. The molecule has 19 heavy (non-hydrogen) atoms. The standard InChI is InChI=1S/C14H14N2OS2/c1-9-7-18-14(16-9)19-8-11(15)13-6-10-4-2-3-5-12(10)17-13/h2-7,11H,8,15H2,1H3. The van der Waals surface area contributed by atoms with Crippen LogP contribution in [0.15, 0.2) is 44.5 Å². The molecule has 0 bridgehead atoms. The quantitative estimate of drug-likeness (QED) is 0.738. The molecule has 0 saturated heterocycles. The van der Waals surface area contributed by atoms with Gasteiger partial charge in [-0.05, 0) is 19.1 Å². The Morgan fingerprint density at radius 3 is 3.00 bits per heavy atom. The molecule has 0 aliphatic heterocycles. The first-order valence-electron chi connectivity index (χ1n) is 6.01. The number of rotatable bonds is 4. The average Bonchev–Trinajstić information content (AvgIpc) is 3.01. The first-order chi connectivity index (χ1) is 9.22. The van der Waals surface area contributed by atoms with Crippen LogP contribution in [0, 0.1) is 6.92 Å². The summed E-state index contributed by atoms with van der Waals surface area (Å²) in [5.74, 6) is 1.61. The maximum Gasteiger partial charge on any atom is 0.150 e. The largest absolute Gasteiger partial charge is 0.459 e. The van der Waals surface area contributed by atoms with Gasteiger partial charge in [-0.15, -0.1) is 11.3 Å². The lowest BCUT2D eigenvalue weighted by atomic mass is 10.2. The van der Waals surface area contributed by atoms with Crippen LogP contribution in [0.5, 0.6) is 0 Å². The van der Waals surface area contributed by atoms with E-state index in [0.717, 1.165) is 32.5 Å². The predicted octanol–water partition coefficient (Wildman–Crippen LogP) is 3.99. The number of fused-ring (bicyclic) bond motifs is 1. The molecule has 3 nitrogen and oxygen atoms in total. The van der Waals surface area contributed by atoms with E-state index in [1.54, 1.807) is 23.1 Å². The van der Waals surface area contributed by atoms with Crippen LogP contribution >= 0.6 is 23.1 Å². The zero-order valence-electron chi connectivity index (χ0n) is 10.5. The summed E-state index contributed by atoms with van der Waals surface area (Å²) in [7, 11) is 0. The van der Waals surface area contributed by atoms with Gasteiger partial charge in [0.1, 0.15) is 15.7 Å². The lowest BCUT2D eigenvalue weighted by Gasteiger charge is -2.06. The summed E-state index contributed by atoms with van der Waals surface area (Å²) >= 11 is 3.33. The van der Waals surface area contributed by atoms with Crippen molar-refractivity contribution in [3.05, 3.63) is 47.2 Å². The van der Waals surface area contributed by atoms with Crippen LogP contribution in [0.1, 0.15) is 17.5 Å².